The predicted molar refractivity (Wildman–Crippen MR) is 105 cm³/mol. The van der Waals surface area contributed by atoms with Crippen LogP contribution in [0.3, 0.4) is 0 Å². The van der Waals surface area contributed by atoms with Crippen LogP contribution in [0.15, 0.2) is 60.8 Å². The fraction of sp³-hybridized carbons (Fsp3) is 0.200. The molecule has 0 bridgehead atoms. The number of carbonyl (C=O) groups excluding carboxylic acids is 1. The molecule has 0 aliphatic heterocycles. The number of thiazole rings is 1. The monoisotopic (exact) mass is 386 g/mol. The highest BCUT2D eigenvalue weighted by Crippen LogP contribution is 2.17. The highest BCUT2D eigenvalue weighted by Gasteiger charge is 2.06. The van der Waals surface area contributed by atoms with Crippen LogP contribution in [0.25, 0.3) is 0 Å². The van der Waals surface area contributed by atoms with Crippen molar-refractivity contribution in [1.82, 2.24) is 10.3 Å². The Balaban J connectivity index is 1.38. The molecular weight excluding hydrogens is 368 g/mol. The maximum absolute atomic E-state index is 11.8. The van der Waals surface area contributed by atoms with Crippen molar-refractivity contribution < 1.29 is 9.53 Å². The summed E-state index contributed by atoms with van der Waals surface area (Å²) < 4.78 is 5.41. The molecule has 1 N–H and O–H groups in total. The molecule has 3 rings (SSSR count). The Morgan fingerprint density at radius 3 is 2.65 bits per heavy atom. The van der Waals surface area contributed by atoms with Crippen LogP contribution in [-0.2, 0) is 17.6 Å². The van der Waals surface area contributed by atoms with Gasteiger partial charge in [0.25, 0.3) is 5.91 Å². The molecule has 0 unspecified atom stereocenters. The lowest BCUT2D eigenvalue weighted by Gasteiger charge is -2.06. The molecule has 26 heavy (non-hydrogen) atoms. The maximum atomic E-state index is 11.8. The number of carbonyl (C=O) groups is 1. The van der Waals surface area contributed by atoms with E-state index in [0.717, 1.165) is 11.4 Å². The number of ether oxygens (including phenoxy) is 1. The summed E-state index contributed by atoms with van der Waals surface area (Å²) in [6, 6.07) is 17.2. The molecule has 0 aliphatic carbocycles. The molecule has 0 saturated heterocycles. The minimum absolute atomic E-state index is 0.0151. The topological polar surface area (TPSA) is 51.2 Å². The van der Waals surface area contributed by atoms with E-state index >= 15 is 0 Å². The molecule has 1 aromatic heterocycles. The summed E-state index contributed by atoms with van der Waals surface area (Å²) >= 11 is 7.49. The van der Waals surface area contributed by atoms with Gasteiger partial charge in [-0.25, -0.2) is 4.98 Å². The quantitative estimate of drug-likeness (QED) is 0.633. The Kier molecular flexibility index (Phi) is 6.63. The number of nitrogens with one attached hydrogen (secondary N) is 1. The highest BCUT2D eigenvalue weighted by atomic mass is 35.5. The van der Waals surface area contributed by atoms with Crippen LogP contribution >= 0.6 is 22.9 Å². The van der Waals surface area contributed by atoms with E-state index in [1.54, 1.807) is 35.6 Å². The maximum Gasteiger partial charge on any atom is 0.257 e. The summed E-state index contributed by atoms with van der Waals surface area (Å²) in [5, 5.41) is 4.51. The standard InChI is InChI=1S/C20H19ClN2O2S/c21-16-6-8-17(9-7-16)25-14-19(24)22-11-10-20-23-13-18(26-20)12-15-4-2-1-3-5-15/h1-9,13H,10-12,14H2,(H,22,24). The Labute approximate surface area is 161 Å². The van der Waals surface area contributed by atoms with Gasteiger partial charge < -0.3 is 10.1 Å². The van der Waals surface area contributed by atoms with Gasteiger partial charge in [0.2, 0.25) is 0 Å². The van der Waals surface area contributed by atoms with Gasteiger partial charge in [-0.05, 0) is 29.8 Å². The number of hydrogen-bond donors (Lipinski definition) is 1. The Morgan fingerprint density at radius 1 is 1.12 bits per heavy atom. The van der Waals surface area contributed by atoms with Crippen molar-refractivity contribution in [3.63, 3.8) is 0 Å². The zero-order chi connectivity index (χ0) is 18.2. The fourth-order valence-electron chi connectivity index (χ4n) is 2.38. The van der Waals surface area contributed by atoms with Crippen molar-refractivity contribution in [2.75, 3.05) is 13.2 Å². The second kappa shape index (κ2) is 9.36. The van der Waals surface area contributed by atoms with Crippen molar-refractivity contribution in [2.45, 2.75) is 12.8 Å². The molecule has 1 amide bonds. The van der Waals surface area contributed by atoms with E-state index in [-0.39, 0.29) is 12.5 Å². The molecule has 3 aromatic rings. The molecule has 0 aliphatic rings. The van der Waals surface area contributed by atoms with E-state index in [9.17, 15) is 4.79 Å². The van der Waals surface area contributed by atoms with Gasteiger partial charge in [0.15, 0.2) is 6.61 Å². The Hall–Kier alpha value is -2.37. The Bertz CT molecular complexity index is 835. The molecule has 0 spiro atoms. The van der Waals surface area contributed by atoms with Gasteiger partial charge >= 0.3 is 0 Å². The van der Waals surface area contributed by atoms with E-state index in [2.05, 4.69) is 22.4 Å². The Morgan fingerprint density at radius 2 is 1.88 bits per heavy atom. The smallest absolute Gasteiger partial charge is 0.257 e. The second-order valence-electron chi connectivity index (χ2n) is 5.73. The molecular formula is C20H19ClN2O2S. The van der Waals surface area contributed by atoms with Crippen molar-refractivity contribution in [2.24, 2.45) is 0 Å². The summed E-state index contributed by atoms with van der Waals surface area (Å²) in [7, 11) is 0. The zero-order valence-electron chi connectivity index (χ0n) is 14.2. The lowest BCUT2D eigenvalue weighted by Crippen LogP contribution is -2.30. The van der Waals surface area contributed by atoms with Gasteiger partial charge in [-0.1, -0.05) is 41.9 Å². The van der Waals surface area contributed by atoms with Crippen LogP contribution in [0.1, 0.15) is 15.4 Å². The van der Waals surface area contributed by atoms with Crippen molar-refractivity contribution in [3.05, 3.63) is 81.3 Å². The molecule has 6 heteroatoms. The third-order valence-electron chi connectivity index (χ3n) is 3.67. The summed E-state index contributed by atoms with van der Waals surface area (Å²) in [5.74, 6) is 0.469. The van der Waals surface area contributed by atoms with Crippen molar-refractivity contribution in [1.29, 1.82) is 0 Å². The van der Waals surface area contributed by atoms with Crippen molar-refractivity contribution >= 4 is 28.8 Å². The zero-order valence-corrected chi connectivity index (χ0v) is 15.7. The first-order valence-corrected chi connectivity index (χ1v) is 9.51. The van der Waals surface area contributed by atoms with E-state index in [4.69, 9.17) is 16.3 Å². The summed E-state index contributed by atoms with van der Waals surface area (Å²) in [5.41, 5.74) is 1.27. The predicted octanol–water partition coefficient (Wildman–Crippen LogP) is 4.13. The molecule has 4 nitrogen and oxygen atoms in total. The molecule has 2 aromatic carbocycles. The molecule has 134 valence electrons. The lowest BCUT2D eigenvalue weighted by molar-refractivity contribution is -0.123. The minimum atomic E-state index is -0.152. The van der Waals surface area contributed by atoms with E-state index in [1.165, 1.54) is 10.4 Å². The first kappa shape index (κ1) is 18.4. The number of hydrogen-bond acceptors (Lipinski definition) is 4. The highest BCUT2D eigenvalue weighted by molar-refractivity contribution is 7.11. The molecule has 0 fully saturated rings. The van der Waals surface area contributed by atoms with Gasteiger partial charge in [0.1, 0.15) is 5.75 Å². The molecule has 1 heterocycles. The third-order valence-corrected chi connectivity index (χ3v) is 4.98. The lowest BCUT2D eigenvalue weighted by atomic mass is 10.1. The number of amides is 1. The van der Waals surface area contributed by atoms with Gasteiger partial charge in [-0.15, -0.1) is 11.3 Å². The number of nitrogens with zero attached hydrogens (tertiary/aromatic N) is 1. The number of rotatable bonds is 8. The normalized spacial score (nSPS) is 10.5. The second-order valence-corrected chi connectivity index (χ2v) is 7.36. The SMILES string of the molecule is O=C(COc1ccc(Cl)cc1)NCCc1ncc(Cc2ccccc2)s1. The number of benzene rings is 2. The van der Waals surface area contributed by atoms with E-state index in [0.29, 0.717) is 23.7 Å². The minimum Gasteiger partial charge on any atom is -0.484 e. The summed E-state index contributed by atoms with van der Waals surface area (Å²) in [6.45, 7) is 0.528. The molecule has 0 saturated carbocycles. The van der Waals surface area contributed by atoms with Crippen molar-refractivity contribution in [3.8, 4) is 5.75 Å². The fourth-order valence-corrected chi connectivity index (χ4v) is 3.46. The van der Waals surface area contributed by atoms with E-state index < -0.39 is 0 Å². The number of aromatic nitrogens is 1. The number of halogens is 1. The third kappa shape index (κ3) is 5.86. The average molecular weight is 387 g/mol. The average Bonchev–Trinajstić information content (AvgIpc) is 3.09. The van der Waals surface area contributed by atoms with Gasteiger partial charge in [-0.2, -0.15) is 0 Å². The van der Waals surface area contributed by atoms with Gasteiger partial charge in [-0.3, -0.25) is 4.79 Å². The van der Waals surface area contributed by atoms with Crippen LogP contribution in [0, 0.1) is 0 Å². The van der Waals surface area contributed by atoms with Crippen LogP contribution in [0.5, 0.6) is 5.75 Å². The molecule has 0 radical (unpaired) electrons. The molecule has 0 atom stereocenters. The van der Waals surface area contributed by atoms with Crippen LogP contribution in [0.4, 0.5) is 0 Å². The summed E-state index contributed by atoms with van der Waals surface area (Å²) in [6.07, 6.45) is 3.52. The van der Waals surface area contributed by atoms with Gasteiger partial charge in [0, 0.05) is 35.5 Å². The van der Waals surface area contributed by atoms with Crippen LogP contribution < -0.4 is 10.1 Å². The summed E-state index contributed by atoms with van der Waals surface area (Å²) in [4.78, 5) is 17.5. The van der Waals surface area contributed by atoms with E-state index in [1.807, 2.05) is 24.4 Å². The van der Waals surface area contributed by atoms with Crippen LogP contribution in [-0.4, -0.2) is 24.0 Å². The largest absolute Gasteiger partial charge is 0.484 e. The van der Waals surface area contributed by atoms with Gasteiger partial charge in [0.05, 0.1) is 5.01 Å². The first-order valence-electron chi connectivity index (χ1n) is 8.31. The van der Waals surface area contributed by atoms with Crippen LogP contribution in [0.2, 0.25) is 5.02 Å². The first-order chi connectivity index (χ1) is 12.7.